The van der Waals surface area contributed by atoms with Crippen LogP contribution in [0, 0.1) is 6.92 Å². The van der Waals surface area contributed by atoms with Gasteiger partial charge in [-0.2, -0.15) is 4.31 Å². The smallest absolute Gasteiger partial charge is 0.243 e. The Morgan fingerprint density at radius 3 is 2.56 bits per heavy atom. The number of rotatable bonds is 4. The number of hydrogen-bond donors (Lipinski definition) is 0. The maximum Gasteiger partial charge on any atom is 0.243 e. The van der Waals surface area contributed by atoms with Gasteiger partial charge in [0.05, 0.1) is 11.4 Å². The Bertz CT molecular complexity index is 910. The summed E-state index contributed by atoms with van der Waals surface area (Å²) in [5.74, 6) is -0.223. The third kappa shape index (κ3) is 3.63. The highest BCUT2D eigenvalue weighted by molar-refractivity contribution is 9.10. The van der Waals surface area contributed by atoms with Crippen LogP contribution in [-0.2, 0) is 21.2 Å². The zero-order valence-electron chi connectivity index (χ0n) is 14.1. The highest BCUT2D eigenvalue weighted by atomic mass is 79.9. The van der Waals surface area contributed by atoms with E-state index in [2.05, 4.69) is 15.9 Å². The standard InChI is InChI=1S/C18H19BrN2O3S/c1-13-3-6-16(7-4-13)25(23,24)20(2)12-18(22)21-10-9-14-11-15(19)5-8-17(14)21/h3-8,11H,9-10,12H2,1-2H3. The Morgan fingerprint density at radius 1 is 1.20 bits per heavy atom. The van der Waals surface area contributed by atoms with Gasteiger partial charge in [0.15, 0.2) is 0 Å². The molecule has 0 fully saturated rings. The summed E-state index contributed by atoms with van der Waals surface area (Å²) in [6.45, 7) is 2.28. The average Bonchev–Trinajstić information content (AvgIpc) is 2.98. The van der Waals surface area contributed by atoms with Crippen molar-refractivity contribution in [1.29, 1.82) is 0 Å². The van der Waals surface area contributed by atoms with E-state index in [1.54, 1.807) is 29.2 Å². The molecule has 2 aromatic rings. The minimum atomic E-state index is -3.69. The number of nitrogens with zero attached hydrogens (tertiary/aromatic N) is 2. The first-order valence-corrected chi connectivity index (χ1v) is 10.1. The van der Waals surface area contributed by atoms with Gasteiger partial charge in [0, 0.05) is 23.8 Å². The molecule has 25 heavy (non-hydrogen) atoms. The number of fused-ring (bicyclic) bond motifs is 1. The molecule has 0 atom stereocenters. The molecule has 1 amide bonds. The van der Waals surface area contributed by atoms with Crippen molar-refractivity contribution < 1.29 is 13.2 Å². The summed E-state index contributed by atoms with van der Waals surface area (Å²) in [4.78, 5) is 14.5. The van der Waals surface area contributed by atoms with Gasteiger partial charge in [0.1, 0.15) is 0 Å². The van der Waals surface area contributed by atoms with Gasteiger partial charge in [-0.1, -0.05) is 33.6 Å². The van der Waals surface area contributed by atoms with Crippen LogP contribution in [0.3, 0.4) is 0 Å². The highest BCUT2D eigenvalue weighted by Gasteiger charge is 2.29. The second kappa shape index (κ2) is 6.90. The summed E-state index contributed by atoms with van der Waals surface area (Å²) in [7, 11) is -2.25. The summed E-state index contributed by atoms with van der Waals surface area (Å²) in [6, 6.07) is 12.4. The third-order valence-corrected chi connectivity index (χ3v) is 6.64. The summed E-state index contributed by atoms with van der Waals surface area (Å²) in [5, 5.41) is 0. The zero-order chi connectivity index (χ0) is 18.2. The van der Waals surface area contributed by atoms with Crippen LogP contribution in [0.15, 0.2) is 51.8 Å². The molecule has 0 saturated carbocycles. The van der Waals surface area contributed by atoms with Gasteiger partial charge in [-0.25, -0.2) is 8.42 Å². The fraction of sp³-hybridized carbons (Fsp3) is 0.278. The third-order valence-electron chi connectivity index (χ3n) is 4.33. The molecular weight excluding hydrogens is 404 g/mol. The average molecular weight is 423 g/mol. The van der Waals surface area contributed by atoms with E-state index in [1.165, 1.54) is 7.05 Å². The van der Waals surface area contributed by atoms with E-state index in [9.17, 15) is 13.2 Å². The lowest BCUT2D eigenvalue weighted by molar-refractivity contribution is -0.118. The number of amides is 1. The fourth-order valence-corrected chi connectivity index (χ4v) is 4.41. The number of benzene rings is 2. The molecule has 0 N–H and O–H groups in total. The maximum absolute atomic E-state index is 12.6. The van der Waals surface area contributed by atoms with Gasteiger partial charge in [0.25, 0.3) is 0 Å². The van der Waals surface area contributed by atoms with Crippen molar-refractivity contribution in [2.24, 2.45) is 0 Å². The second-order valence-electron chi connectivity index (χ2n) is 6.14. The van der Waals surface area contributed by atoms with Crippen molar-refractivity contribution in [3.05, 3.63) is 58.1 Å². The second-order valence-corrected chi connectivity index (χ2v) is 9.10. The molecule has 0 saturated heterocycles. The zero-order valence-corrected chi connectivity index (χ0v) is 16.5. The van der Waals surface area contributed by atoms with Gasteiger partial charge in [-0.15, -0.1) is 0 Å². The summed E-state index contributed by atoms with van der Waals surface area (Å²) < 4.78 is 27.3. The molecule has 0 bridgehead atoms. The Morgan fingerprint density at radius 2 is 1.88 bits per heavy atom. The van der Waals surface area contributed by atoms with Crippen LogP contribution in [0.2, 0.25) is 0 Å². The fourth-order valence-electron chi connectivity index (χ4n) is 2.88. The Balaban J connectivity index is 1.76. The molecule has 0 spiro atoms. The minimum Gasteiger partial charge on any atom is -0.311 e. The monoisotopic (exact) mass is 422 g/mol. The van der Waals surface area contributed by atoms with Gasteiger partial charge in [-0.3, -0.25) is 4.79 Å². The summed E-state index contributed by atoms with van der Waals surface area (Å²) in [5.41, 5.74) is 2.93. The van der Waals surface area contributed by atoms with E-state index in [0.717, 1.165) is 32.0 Å². The lowest BCUT2D eigenvalue weighted by Gasteiger charge is -2.22. The number of hydrogen-bond acceptors (Lipinski definition) is 3. The molecule has 1 aliphatic heterocycles. The lowest BCUT2D eigenvalue weighted by Crippen LogP contribution is -2.40. The predicted octanol–water partition coefficient (Wildman–Crippen LogP) is 2.97. The number of likely N-dealkylation sites (N-methyl/N-ethyl adjacent to an activating group) is 1. The molecular formula is C18H19BrN2O3S. The van der Waals surface area contributed by atoms with Crippen molar-refractivity contribution in [2.45, 2.75) is 18.2 Å². The molecule has 0 radical (unpaired) electrons. The minimum absolute atomic E-state index is 0.189. The maximum atomic E-state index is 12.6. The van der Waals surface area contributed by atoms with Crippen molar-refractivity contribution in [3.8, 4) is 0 Å². The van der Waals surface area contributed by atoms with Gasteiger partial charge in [0.2, 0.25) is 15.9 Å². The topological polar surface area (TPSA) is 57.7 Å². The summed E-state index contributed by atoms with van der Waals surface area (Å²) >= 11 is 3.43. The molecule has 0 aromatic heterocycles. The number of carbonyl (C=O) groups is 1. The lowest BCUT2D eigenvalue weighted by atomic mass is 10.2. The molecule has 3 rings (SSSR count). The number of carbonyl (C=O) groups excluding carboxylic acids is 1. The van der Waals surface area contributed by atoms with E-state index in [0.29, 0.717) is 6.54 Å². The van der Waals surface area contributed by atoms with Crippen LogP contribution < -0.4 is 4.90 Å². The Hall–Kier alpha value is -1.70. The van der Waals surface area contributed by atoms with Crippen LogP contribution in [0.25, 0.3) is 0 Å². The van der Waals surface area contributed by atoms with Gasteiger partial charge in [-0.05, 0) is 49.2 Å². The van der Waals surface area contributed by atoms with E-state index in [1.807, 2.05) is 25.1 Å². The van der Waals surface area contributed by atoms with Crippen molar-refractivity contribution in [2.75, 3.05) is 25.0 Å². The molecule has 132 valence electrons. The van der Waals surface area contributed by atoms with Crippen LogP contribution in [0.5, 0.6) is 0 Å². The molecule has 5 nitrogen and oxygen atoms in total. The summed E-state index contributed by atoms with van der Waals surface area (Å²) in [6.07, 6.45) is 0.773. The predicted molar refractivity (Wildman–Crippen MR) is 101 cm³/mol. The SMILES string of the molecule is Cc1ccc(S(=O)(=O)N(C)CC(=O)N2CCc3cc(Br)ccc32)cc1. The van der Waals surface area contributed by atoms with Crippen molar-refractivity contribution in [1.82, 2.24) is 4.31 Å². The molecule has 1 heterocycles. The number of halogens is 1. The number of sulfonamides is 1. The van der Waals surface area contributed by atoms with E-state index < -0.39 is 10.0 Å². The van der Waals surface area contributed by atoms with E-state index in [-0.39, 0.29) is 17.3 Å². The normalized spacial score (nSPS) is 14.0. The van der Waals surface area contributed by atoms with Crippen LogP contribution in [-0.4, -0.2) is 38.8 Å². The van der Waals surface area contributed by atoms with Gasteiger partial charge < -0.3 is 4.90 Å². The molecule has 2 aromatic carbocycles. The van der Waals surface area contributed by atoms with E-state index >= 15 is 0 Å². The van der Waals surface area contributed by atoms with Crippen LogP contribution in [0.1, 0.15) is 11.1 Å². The number of anilines is 1. The first kappa shape index (κ1) is 18.1. The van der Waals surface area contributed by atoms with Crippen LogP contribution >= 0.6 is 15.9 Å². The molecule has 1 aliphatic rings. The van der Waals surface area contributed by atoms with Gasteiger partial charge >= 0.3 is 0 Å². The Labute approximate surface area is 156 Å². The first-order valence-electron chi connectivity index (χ1n) is 7.91. The van der Waals surface area contributed by atoms with Crippen molar-refractivity contribution in [3.63, 3.8) is 0 Å². The molecule has 0 unspecified atom stereocenters. The largest absolute Gasteiger partial charge is 0.311 e. The van der Waals surface area contributed by atoms with Crippen molar-refractivity contribution >= 4 is 37.5 Å². The van der Waals surface area contributed by atoms with E-state index in [4.69, 9.17) is 0 Å². The quantitative estimate of drug-likeness (QED) is 0.760. The molecule has 0 aliphatic carbocycles. The molecule has 7 heteroatoms. The number of aryl methyl sites for hydroxylation is 1. The first-order chi connectivity index (χ1) is 11.8. The Kier molecular flexibility index (Phi) is 4.99. The highest BCUT2D eigenvalue weighted by Crippen LogP contribution is 2.30. The van der Waals surface area contributed by atoms with Crippen LogP contribution in [0.4, 0.5) is 5.69 Å².